The molecule has 3 nitrogen and oxygen atoms in total. The van der Waals surface area contributed by atoms with Gasteiger partial charge >= 0.3 is 0 Å². The van der Waals surface area contributed by atoms with Crippen molar-refractivity contribution in [3.05, 3.63) is 0 Å². The highest BCUT2D eigenvalue weighted by Crippen LogP contribution is 2.32. The maximum Gasteiger partial charge on any atom is 0.216 e. The van der Waals surface area contributed by atoms with Crippen LogP contribution in [0.5, 0.6) is 0 Å². The third-order valence-electron chi connectivity index (χ3n) is 2.37. The third-order valence-corrected chi connectivity index (χ3v) is 4.77. The van der Waals surface area contributed by atoms with Crippen LogP contribution in [0, 0.1) is 0 Å². The van der Waals surface area contributed by atoms with Crippen LogP contribution in [0.2, 0.25) is 0 Å². The fraction of sp³-hybridized carbons (Fsp3) is 1.00. The Hall–Kier alpha value is -0.0900. The predicted octanol–water partition coefficient (Wildman–Crippen LogP) is 0.574. The van der Waals surface area contributed by atoms with E-state index in [1.807, 2.05) is 0 Å². The maximum absolute atomic E-state index is 11.5. The summed E-state index contributed by atoms with van der Waals surface area (Å²) in [6, 6.07) is 0. The molecule has 2 aliphatic rings. The number of sulfonamides is 1. The standard InChI is InChI=1S/C7H13NO2S/c9-11(10,7-3-4-7)8-5-1-2-6-8/h7H,1-6H2. The van der Waals surface area contributed by atoms with Crippen LogP contribution in [-0.4, -0.2) is 31.1 Å². The Morgan fingerprint density at radius 1 is 1.09 bits per heavy atom. The minimum Gasteiger partial charge on any atom is -0.212 e. The molecule has 0 unspecified atom stereocenters. The molecule has 0 atom stereocenters. The number of rotatable bonds is 2. The summed E-state index contributed by atoms with van der Waals surface area (Å²) in [6.07, 6.45) is 3.87. The lowest BCUT2D eigenvalue weighted by atomic mass is 10.4. The molecule has 0 aromatic rings. The highest BCUT2D eigenvalue weighted by Gasteiger charge is 2.40. The van der Waals surface area contributed by atoms with E-state index in [2.05, 4.69) is 0 Å². The van der Waals surface area contributed by atoms with E-state index in [1.165, 1.54) is 0 Å². The van der Waals surface area contributed by atoms with E-state index in [-0.39, 0.29) is 5.25 Å². The molecule has 11 heavy (non-hydrogen) atoms. The van der Waals surface area contributed by atoms with Crippen molar-refractivity contribution in [3.63, 3.8) is 0 Å². The highest BCUT2D eigenvalue weighted by atomic mass is 32.2. The van der Waals surface area contributed by atoms with Crippen LogP contribution in [0.15, 0.2) is 0 Å². The molecule has 1 saturated heterocycles. The molecule has 0 spiro atoms. The molecule has 4 heteroatoms. The Balaban J connectivity index is 2.12. The lowest BCUT2D eigenvalue weighted by molar-refractivity contribution is 0.476. The van der Waals surface area contributed by atoms with Gasteiger partial charge in [0.25, 0.3) is 0 Å². The van der Waals surface area contributed by atoms with Crippen molar-refractivity contribution in [1.82, 2.24) is 4.31 Å². The normalized spacial score (nSPS) is 27.6. The lowest BCUT2D eigenvalue weighted by Gasteiger charge is -2.13. The average molecular weight is 175 g/mol. The minimum absolute atomic E-state index is 0.0133. The molecule has 2 fully saturated rings. The van der Waals surface area contributed by atoms with Gasteiger partial charge in [-0.25, -0.2) is 12.7 Å². The second kappa shape index (κ2) is 2.45. The molecule has 1 aliphatic heterocycles. The summed E-state index contributed by atoms with van der Waals surface area (Å²) in [7, 11) is -2.83. The Labute approximate surface area is 67.4 Å². The molecule has 2 rings (SSSR count). The Bertz CT molecular complexity index is 237. The molecular formula is C7H13NO2S. The summed E-state index contributed by atoms with van der Waals surface area (Å²) < 4.78 is 24.7. The average Bonchev–Trinajstić information content (AvgIpc) is 2.66. The third kappa shape index (κ3) is 1.29. The maximum atomic E-state index is 11.5. The largest absolute Gasteiger partial charge is 0.216 e. The minimum atomic E-state index is -2.83. The van der Waals surface area contributed by atoms with Crippen molar-refractivity contribution in [1.29, 1.82) is 0 Å². The van der Waals surface area contributed by atoms with Crippen LogP contribution in [0.3, 0.4) is 0 Å². The molecule has 0 amide bonds. The van der Waals surface area contributed by atoms with E-state index in [9.17, 15) is 8.42 Å². The second-order valence-electron chi connectivity index (χ2n) is 3.35. The van der Waals surface area contributed by atoms with Gasteiger partial charge in [-0.05, 0) is 25.7 Å². The first-order chi connectivity index (χ1) is 5.21. The van der Waals surface area contributed by atoms with E-state index in [0.29, 0.717) is 0 Å². The van der Waals surface area contributed by atoms with E-state index in [0.717, 1.165) is 38.8 Å². The summed E-state index contributed by atoms with van der Waals surface area (Å²) in [5.74, 6) is 0. The van der Waals surface area contributed by atoms with Crippen LogP contribution in [0.25, 0.3) is 0 Å². The van der Waals surface area contributed by atoms with Gasteiger partial charge < -0.3 is 0 Å². The van der Waals surface area contributed by atoms with Gasteiger partial charge in [0, 0.05) is 13.1 Å². The van der Waals surface area contributed by atoms with Crippen molar-refractivity contribution in [3.8, 4) is 0 Å². The van der Waals surface area contributed by atoms with E-state index < -0.39 is 10.0 Å². The molecule has 1 saturated carbocycles. The van der Waals surface area contributed by atoms with Gasteiger partial charge in [-0.1, -0.05) is 0 Å². The molecule has 0 bridgehead atoms. The first-order valence-electron chi connectivity index (χ1n) is 4.20. The predicted molar refractivity (Wildman–Crippen MR) is 42.7 cm³/mol. The van der Waals surface area contributed by atoms with Gasteiger partial charge in [0.05, 0.1) is 5.25 Å². The van der Waals surface area contributed by atoms with Gasteiger partial charge in [-0.15, -0.1) is 0 Å². The van der Waals surface area contributed by atoms with E-state index in [4.69, 9.17) is 0 Å². The van der Waals surface area contributed by atoms with Crippen molar-refractivity contribution in [2.45, 2.75) is 30.9 Å². The molecule has 0 N–H and O–H groups in total. The zero-order valence-corrected chi connectivity index (χ0v) is 7.31. The molecule has 1 aliphatic carbocycles. The Kier molecular flexibility index (Phi) is 1.68. The molecule has 0 aromatic carbocycles. The second-order valence-corrected chi connectivity index (χ2v) is 5.56. The SMILES string of the molecule is O=S(=O)(C1CC1)N1CCCC1. The topological polar surface area (TPSA) is 37.4 Å². The van der Waals surface area contributed by atoms with E-state index >= 15 is 0 Å². The van der Waals surface area contributed by atoms with Gasteiger partial charge in [0.2, 0.25) is 10.0 Å². The fourth-order valence-corrected chi connectivity index (χ4v) is 3.44. The Morgan fingerprint density at radius 3 is 2.09 bits per heavy atom. The lowest BCUT2D eigenvalue weighted by Crippen LogP contribution is -2.30. The van der Waals surface area contributed by atoms with Crippen molar-refractivity contribution in [2.75, 3.05) is 13.1 Å². The van der Waals surface area contributed by atoms with Crippen molar-refractivity contribution in [2.24, 2.45) is 0 Å². The first-order valence-corrected chi connectivity index (χ1v) is 5.70. The van der Waals surface area contributed by atoms with Gasteiger partial charge in [-0.2, -0.15) is 0 Å². The molecular weight excluding hydrogens is 162 g/mol. The van der Waals surface area contributed by atoms with Crippen molar-refractivity contribution >= 4 is 10.0 Å². The fourth-order valence-electron chi connectivity index (χ4n) is 1.52. The molecule has 1 heterocycles. The molecule has 0 aromatic heterocycles. The zero-order chi connectivity index (χ0) is 7.90. The molecule has 64 valence electrons. The van der Waals surface area contributed by atoms with Crippen LogP contribution >= 0.6 is 0 Å². The monoisotopic (exact) mass is 175 g/mol. The zero-order valence-electron chi connectivity index (χ0n) is 6.49. The van der Waals surface area contributed by atoms with Gasteiger partial charge in [0.15, 0.2) is 0 Å². The summed E-state index contributed by atoms with van der Waals surface area (Å²) in [4.78, 5) is 0. The van der Waals surface area contributed by atoms with Crippen LogP contribution in [0.1, 0.15) is 25.7 Å². The van der Waals surface area contributed by atoms with Crippen LogP contribution < -0.4 is 0 Å². The smallest absolute Gasteiger partial charge is 0.212 e. The highest BCUT2D eigenvalue weighted by molar-refractivity contribution is 7.90. The summed E-state index contributed by atoms with van der Waals surface area (Å²) >= 11 is 0. The molecule has 0 radical (unpaired) electrons. The summed E-state index contributed by atoms with van der Waals surface area (Å²) in [5, 5.41) is -0.0133. The first kappa shape index (κ1) is 7.55. The quantitative estimate of drug-likeness (QED) is 0.615. The van der Waals surface area contributed by atoms with Crippen molar-refractivity contribution < 1.29 is 8.42 Å². The van der Waals surface area contributed by atoms with Gasteiger partial charge in [-0.3, -0.25) is 0 Å². The Morgan fingerprint density at radius 2 is 1.64 bits per heavy atom. The number of hydrogen-bond acceptors (Lipinski definition) is 2. The number of nitrogens with zero attached hydrogens (tertiary/aromatic N) is 1. The summed E-state index contributed by atoms with van der Waals surface area (Å²) in [5.41, 5.74) is 0. The van der Waals surface area contributed by atoms with E-state index in [1.54, 1.807) is 4.31 Å². The summed E-state index contributed by atoms with van der Waals surface area (Å²) in [6.45, 7) is 1.53. The number of hydrogen-bond donors (Lipinski definition) is 0. The van der Waals surface area contributed by atoms with Crippen LogP contribution in [-0.2, 0) is 10.0 Å². The van der Waals surface area contributed by atoms with Gasteiger partial charge in [0.1, 0.15) is 0 Å². The van der Waals surface area contributed by atoms with Crippen LogP contribution in [0.4, 0.5) is 0 Å².